The second-order valence-electron chi connectivity index (χ2n) is 14.4. The number of fused-ring (bicyclic) bond motifs is 4. The molecule has 19 nitrogen and oxygen atoms in total. The topological polar surface area (TPSA) is 306 Å². The molecular weight excluding hydrogens is 809 g/mol. The number of aromatic nitrogens is 10. The number of carboxylic acid groups (broad SMARTS) is 2. The first-order chi connectivity index (χ1) is 30.2. The lowest BCUT2D eigenvalue weighted by molar-refractivity contribution is -0.152. The molecule has 10 rings (SSSR count). The molecule has 6 heterocycles. The number of imidazole rings is 2. The van der Waals surface area contributed by atoms with Crippen molar-refractivity contribution in [3.8, 4) is 11.4 Å². The van der Waals surface area contributed by atoms with Crippen LogP contribution in [0.4, 0.5) is 11.6 Å². The predicted octanol–water partition coefficient (Wildman–Crippen LogP) is 5.61. The number of nitrogens with one attached hydrogen (secondary N) is 4. The van der Waals surface area contributed by atoms with Crippen LogP contribution < -0.4 is 11.5 Å². The molecule has 0 aliphatic carbocycles. The lowest BCUT2D eigenvalue weighted by Gasteiger charge is -2.05. The number of hydrogen-bond acceptors (Lipinski definition) is 11. The molecular formula is C44H38N12O7. The van der Waals surface area contributed by atoms with Gasteiger partial charge in [-0.05, 0) is 74.5 Å². The molecule has 0 aliphatic rings. The third-order valence-electron chi connectivity index (χ3n) is 9.96. The largest absolute Gasteiger partial charge is 0.481 e. The Morgan fingerprint density at radius 2 is 1.03 bits per heavy atom. The third-order valence-corrected chi connectivity index (χ3v) is 9.96. The van der Waals surface area contributed by atoms with Gasteiger partial charge in [-0.1, -0.05) is 36.4 Å². The molecule has 1 atom stereocenters. The van der Waals surface area contributed by atoms with Crippen LogP contribution >= 0.6 is 0 Å². The molecule has 316 valence electrons. The minimum atomic E-state index is -1.79. The molecule has 0 saturated heterocycles. The fourth-order valence-corrected chi connectivity index (χ4v) is 6.93. The maximum Gasteiger partial charge on any atom is 0.333 e. The molecule has 0 spiro atoms. The minimum Gasteiger partial charge on any atom is -0.481 e. The number of carbonyl (C=O) groups excluding carboxylic acids is 2. The van der Waals surface area contributed by atoms with Crippen molar-refractivity contribution in [1.82, 2.24) is 49.5 Å². The zero-order valence-electron chi connectivity index (χ0n) is 33.5. The van der Waals surface area contributed by atoms with Gasteiger partial charge in [0.05, 0.1) is 74.8 Å². The molecule has 0 amide bonds. The van der Waals surface area contributed by atoms with Gasteiger partial charge in [-0.3, -0.25) is 14.4 Å². The van der Waals surface area contributed by atoms with Gasteiger partial charge < -0.3 is 46.7 Å². The fraction of sp³-hybridized carbons (Fsp3) is 0.0909. The van der Waals surface area contributed by atoms with Crippen molar-refractivity contribution in [2.75, 3.05) is 11.5 Å². The molecule has 1 unspecified atom stereocenters. The second kappa shape index (κ2) is 16.7. The highest BCUT2D eigenvalue weighted by Crippen LogP contribution is 2.26. The van der Waals surface area contributed by atoms with Crippen molar-refractivity contribution in [2.45, 2.75) is 26.4 Å². The smallest absolute Gasteiger partial charge is 0.333 e. The number of benzene rings is 4. The standard InChI is InChI=1S/2C20H16N6O.C4H6O5/c2*1-11-23-16-7-6-13(9-17(16)24-11)26-20(21)14(10-22-26)19(27)18-8-12-4-2-3-5-15(12)25-18;5-2(4(8)9)1-3(6)7/h2*2-10,25H,21H2,1H3,(H,23,24);2,5H,1H2,(H,6,7)(H,8,9). The molecule has 0 bridgehead atoms. The molecule has 63 heavy (non-hydrogen) atoms. The third kappa shape index (κ3) is 8.34. The monoisotopic (exact) mass is 846 g/mol. The van der Waals surface area contributed by atoms with Gasteiger partial charge in [0.15, 0.2) is 6.10 Å². The quantitative estimate of drug-likeness (QED) is 0.0799. The number of aryl methyl sites for hydroxylation is 2. The second-order valence-corrected chi connectivity index (χ2v) is 14.4. The summed E-state index contributed by atoms with van der Waals surface area (Å²) in [6.45, 7) is 3.80. The van der Waals surface area contributed by atoms with Crippen molar-refractivity contribution in [1.29, 1.82) is 0 Å². The number of aliphatic hydroxyl groups is 1. The van der Waals surface area contributed by atoms with Gasteiger partial charge in [0.2, 0.25) is 11.6 Å². The summed E-state index contributed by atoms with van der Waals surface area (Å²) < 4.78 is 3.12. The Hall–Kier alpha value is -8.84. The average molecular weight is 847 g/mol. The Kier molecular flexibility index (Phi) is 10.8. The fourth-order valence-electron chi connectivity index (χ4n) is 6.93. The summed E-state index contributed by atoms with van der Waals surface area (Å²) in [5, 5.41) is 34.7. The van der Waals surface area contributed by atoms with E-state index in [-0.39, 0.29) is 11.6 Å². The van der Waals surface area contributed by atoms with Crippen molar-refractivity contribution in [3.63, 3.8) is 0 Å². The van der Waals surface area contributed by atoms with E-state index in [4.69, 9.17) is 26.8 Å². The Morgan fingerprint density at radius 3 is 1.41 bits per heavy atom. The zero-order chi connectivity index (χ0) is 44.5. The first-order valence-corrected chi connectivity index (χ1v) is 19.2. The molecule has 19 heteroatoms. The number of para-hydroxylation sites is 2. The van der Waals surface area contributed by atoms with Crippen LogP contribution in [0.5, 0.6) is 0 Å². The van der Waals surface area contributed by atoms with Crippen molar-refractivity contribution >= 4 is 79.0 Å². The normalized spacial score (nSPS) is 11.6. The van der Waals surface area contributed by atoms with E-state index < -0.39 is 24.5 Å². The van der Waals surface area contributed by atoms with Gasteiger partial charge in [-0.25, -0.2) is 24.1 Å². The van der Waals surface area contributed by atoms with Gasteiger partial charge in [0.25, 0.3) is 0 Å². The van der Waals surface area contributed by atoms with Gasteiger partial charge >= 0.3 is 11.9 Å². The van der Waals surface area contributed by atoms with Crippen LogP contribution in [0.3, 0.4) is 0 Å². The van der Waals surface area contributed by atoms with E-state index in [2.05, 4.69) is 40.1 Å². The number of nitrogens with two attached hydrogens (primary N) is 2. The highest BCUT2D eigenvalue weighted by Gasteiger charge is 2.22. The number of aromatic amines is 4. The molecule has 0 aliphatic heterocycles. The number of hydrogen-bond donors (Lipinski definition) is 9. The number of carboxylic acids is 2. The molecule has 4 aromatic carbocycles. The van der Waals surface area contributed by atoms with Crippen LogP contribution in [0.25, 0.3) is 55.2 Å². The lowest BCUT2D eigenvalue weighted by Crippen LogP contribution is -2.22. The van der Waals surface area contributed by atoms with E-state index in [1.807, 2.05) is 111 Å². The van der Waals surface area contributed by atoms with E-state index in [0.717, 1.165) is 66.9 Å². The molecule has 11 N–H and O–H groups in total. The van der Waals surface area contributed by atoms with Crippen LogP contribution in [0.2, 0.25) is 0 Å². The Labute approximate surface area is 355 Å². The van der Waals surface area contributed by atoms with E-state index in [0.29, 0.717) is 34.2 Å². The van der Waals surface area contributed by atoms with E-state index in [1.165, 1.54) is 12.4 Å². The minimum absolute atomic E-state index is 0.187. The maximum atomic E-state index is 12.9. The van der Waals surface area contributed by atoms with Gasteiger partial charge in [-0.15, -0.1) is 0 Å². The first kappa shape index (κ1) is 40.9. The Balaban J connectivity index is 0.000000145. The number of ketones is 2. The van der Waals surface area contributed by atoms with E-state index in [1.54, 1.807) is 9.36 Å². The van der Waals surface area contributed by atoms with Crippen LogP contribution in [-0.2, 0) is 9.59 Å². The number of nitrogens with zero attached hydrogens (tertiary/aromatic N) is 6. The Bertz CT molecular complexity index is 3090. The van der Waals surface area contributed by atoms with Crippen LogP contribution in [0.15, 0.2) is 109 Å². The van der Waals surface area contributed by atoms with Gasteiger partial charge in [-0.2, -0.15) is 10.2 Å². The summed E-state index contributed by atoms with van der Waals surface area (Å²) in [5.41, 5.74) is 21.1. The molecule has 10 aromatic rings. The number of aliphatic carboxylic acids is 2. The number of H-pyrrole nitrogens is 4. The van der Waals surface area contributed by atoms with Gasteiger partial charge in [0.1, 0.15) is 23.3 Å². The highest BCUT2D eigenvalue weighted by molar-refractivity contribution is 6.13. The van der Waals surface area contributed by atoms with Crippen molar-refractivity contribution in [3.05, 3.63) is 144 Å². The number of rotatable bonds is 9. The first-order valence-electron chi connectivity index (χ1n) is 19.2. The van der Waals surface area contributed by atoms with E-state index >= 15 is 0 Å². The molecule has 0 radical (unpaired) electrons. The summed E-state index contributed by atoms with van der Waals surface area (Å²) in [6.07, 6.45) is 0.467. The zero-order valence-corrected chi connectivity index (χ0v) is 33.5. The maximum absolute atomic E-state index is 12.9. The summed E-state index contributed by atoms with van der Waals surface area (Å²) >= 11 is 0. The van der Waals surface area contributed by atoms with E-state index in [9.17, 15) is 19.2 Å². The van der Waals surface area contributed by atoms with Crippen LogP contribution in [0.1, 0.15) is 50.2 Å². The summed E-state index contributed by atoms with van der Waals surface area (Å²) in [4.78, 5) is 66.7. The SMILES string of the molecule is Cc1nc2ccc(-n3ncc(C(=O)c4cc5ccccc5[nH]4)c3N)cc2[nH]1.Cc1nc2ccc(-n3ncc(C(=O)c4cc5ccccc5[nH]4)c3N)cc2[nH]1.O=C(O)CC(O)C(=O)O. The number of anilines is 2. The van der Waals surface area contributed by atoms with Crippen LogP contribution in [0, 0.1) is 13.8 Å². The average Bonchev–Trinajstić information content (AvgIpc) is 4.12. The van der Waals surface area contributed by atoms with Gasteiger partial charge in [0, 0.05) is 21.8 Å². The number of carbonyl (C=O) groups is 4. The predicted molar refractivity (Wildman–Crippen MR) is 234 cm³/mol. The summed E-state index contributed by atoms with van der Waals surface area (Å²) in [6, 6.07) is 30.5. The number of aliphatic hydroxyl groups excluding tert-OH is 1. The number of nitrogen functional groups attached to an aromatic ring is 2. The molecule has 6 aromatic heterocycles. The molecule has 0 fully saturated rings. The lowest BCUT2D eigenvalue weighted by atomic mass is 10.1. The summed E-state index contributed by atoms with van der Waals surface area (Å²) in [7, 11) is 0. The highest BCUT2D eigenvalue weighted by atomic mass is 16.4. The van der Waals surface area contributed by atoms with Crippen LogP contribution in [-0.4, -0.2) is 94.4 Å². The Morgan fingerprint density at radius 1 is 0.603 bits per heavy atom. The summed E-state index contributed by atoms with van der Waals surface area (Å²) in [5.74, 6) is -0.942. The van der Waals surface area contributed by atoms with Crippen molar-refractivity contribution in [2.24, 2.45) is 0 Å². The molecule has 0 saturated carbocycles. The van der Waals surface area contributed by atoms with Crippen molar-refractivity contribution < 1.29 is 34.5 Å².